The number of ether oxygens (including phenoxy) is 2. The highest BCUT2D eigenvalue weighted by molar-refractivity contribution is 7.91. The third-order valence-corrected chi connectivity index (χ3v) is 15.0. The average molecular weight is 882 g/mol. The van der Waals surface area contributed by atoms with Gasteiger partial charge in [0, 0.05) is 35.9 Å². The van der Waals surface area contributed by atoms with Crippen molar-refractivity contribution in [2.45, 2.75) is 132 Å². The Labute approximate surface area is 351 Å². The molecule has 60 heavy (non-hydrogen) atoms. The minimum absolute atomic E-state index is 0.0121. The molecule has 7 rings (SSSR count). The first-order valence-corrected chi connectivity index (χ1v) is 22.1. The lowest BCUT2D eigenvalue weighted by atomic mass is 9.87. The lowest BCUT2D eigenvalue weighted by Crippen LogP contribution is -2.59. The molecule has 3 aliphatic heterocycles. The molecule has 14 nitrogen and oxygen atoms in total. The molecular weight excluding hydrogens is 831 g/mol. The standard InChI is InChI=1S/C41H51ClF3N5O9S/c1-37(2,3)21-50(36(54)55)28-12-10-8-6-7-9-11-23-19-40(23,35(53)48-60(56,57)38(4)15-16-38)47-33(51)29-20-39(22-49(29)34(28)52)14-13-25-26-17-24(58-5)18-27(42)30(26)46-32(31(25)59-39)41(43,44)45/h9,11,17-18,23,28-29H,6-8,10,12-16,19-22H2,1-5H3,(H,47,51)(H,48,53)(H,54,55)/b11-9-/t23-,28+,29+,39-,40-/m1/s1. The highest BCUT2D eigenvalue weighted by Crippen LogP contribution is 2.51. The molecule has 0 radical (unpaired) electrons. The van der Waals surface area contributed by atoms with Gasteiger partial charge in [-0.3, -0.25) is 24.0 Å². The number of benzene rings is 1. The second-order valence-corrected chi connectivity index (χ2v) is 21.1. The molecule has 0 unspecified atom stereocenters. The molecule has 328 valence electrons. The lowest BCUT2D eigenvalue weighted by molar-refractivity contribution is -0.145. The molecule has 3 N–H and O–H groups in total. The van der Waals surface area contributed by atoms with Crippen LogP contribution < -0.4 is 19.5 Å². The Morgan fingerprint density at radius 3 is 2.48 bits per heavy atom. The number of carbonyl (C=O) groups excluding carboxylic acids is 3. The number of carboxylic acid groups (broad SMARTS) is 1. The molecule has 19 heteroatoms. The zero-order valence-corrected chi connectivity index (χ0v) is 35.8. The largest absolute Gasteiger partial charge is 0.497 e. The number of hydrogen-bond donors (Lipinski definition) is 3. The second kappa shape index (κ2) is 15.2. The number of rotatable bonds is 6. The molecule has 2 aromatic rings. The molecule has 4 amide bonds. The molecule has 5 aliphatic rings. The zero-order valence-electron chi connectivity index (χ0n) is 34.2. The number of carbonyl (C=O) groups is 4. The number of fused-ring (bicyclic) bond motifs is 5. The first-order valence-electron chi connectivity index (χ1n) is 20.3. The van der Waals surface area contributed by atoms with Gasteiger partial charge in [0.15, 0.2) is 11.4 Å². The quantitative estimate of drug-likeness (QED) is 0.276. The van der Waals surface area contributed by atoms with E-state index in [0.717, 1.165) is 4.90 Å². The maximum Gasteiger partial charge on any atom is 0.437 e. The Hall–Kier alpha value is -4.32. The summed E-state index contributed by atoms with van der Waals surface area (Å²) in [7, 11) is -2.74. The maximum absolute atomic E-state index is 15.0. The van der Waals surface area contributed by atoms with Gasteiger partial charge in [-0.15, -0.1) is 0 Å². The van der Waals surface area contributed by atoms with E-state index in [0.29, 0.717) is 38.5 Å². The highest BCUT2D eigenvalue weighted by Gasteiger charge is 2.64. The van der Waals surface area contributed by atoms with Crippen molar-refractivity contribution in [3.05, 3.63) is 40.6 Å². The van der Waals surface area contributed by atoms with Crippen LogP contribution in [-0.2, 0) is 37.0 Å². The maximum atomic E-state index is 15.0. The van der Waals surface area contributed by atoms with E-state index in [-0.39, 0.29) is 65.9 Å². The van der Waals surface area contributed by atoms with Crippen LogP contribution in [0.4, 0.5) is 18.0 Å². The number of hydrogen-bond acceptors (Lipinski definition) is 9. The number of nitrogens with one attached hydrogen (secondary N) is 2. The van der Waals surface area contributed by atoms with E-state index in [2.05, 4.69) is 15.0 Å². The third-order valence-electron chi connectivity index (χ3n) is 12.6. The number of methoxy groups -OCH3 is 1. The van der Waals surface area contributed by atoms with Crippen LogP contribution in [0, 0.1) is 11.3 Å². The van der Waals surface area contributed by atoms with Crippen molar-refractivity contribution in [1.29, 1.82) is 0 Å². The smallest absolute Gasteiger partial charge is 0.437 e. The summed E-state index contributed by atoms with van der Waals surface area (Å²) in [6, 6.07) is 0.137. The number of aryl methyl sites for hydroxylation is 1. The van der Waals surface area contributed by atoms with E-state index < -0.39 is 97.3 Å². The minimum Gasteiger partial charge on any atom is -0.497 e. The molecule has 3 fully saturated rings. The summed E-state index contributed by atoms with van der Waals surface area (Å²) in [5.41, 5.74) is -5.19. The molecular formula is C41H51ClF3N5O9S. The van der Waals surface area contributed by atoms with Crippen LogP contribution in [0.2, 0.25) is 5.02 Å². The fourth-order valence-corrected chi connectivity index (χ4v) is 10.4. The molecule has 1 spiro atoms. The van der Waals surface area contributed by atoms with Crippen LogP contribution in [0.15, 0.2) is 24.3 Å². The molecule has 4 heterocycles. The Morgan fingerprint density at radius 2 is 1.85 bits per heavy atom. The summed E-state index contributed by atoms with van der Waals surface area (Å²) >= 11 is 6.41. The summed E-state index contributed by atoms with van der Waals surface area (Å²) in [6.07, 6.45) is 0.135. The number of sulfonamides is 1. The number of allylic oxidation sites excluding steroid dienone is 1. The fraction of sp³-hybridized carbons (Fsp3) is 0.634. The summed E-state index contributed by atoms with van der Waals surface area (Å²) < 4.78 is 83.9. The van der Waals surface area contributed by atoms with Crippen molar-refractivity contribution in [1.82, 2.24) is 24.8 Å². The summed E-state index contributed by atoms with van der Waals surface area (Å²) in [5.74, 6) is -3.42. The predicted octanol–water partition coefficient (Wildman–Crippen LogP) is 6.37. The van der Waals surface area contributed by atoms with Gasteiger partial charge in [-0.1, -0.05) is 57.4 Å². The fourth-order valence-electron chi connectivity index (χ4n) is 8.83. The van der Waals surface area contributed by atoms with Gasteiger partial charge in [-0.25, -0.2) is 18.2 Å². The van der Waals surface area contributed by atoms with Gasteiger partial charge >= 0.3 is 12.3 Å². The van der Waals surface area contributed by atoms with Crippen molar-refractivity contribution in [2.75, 3.05) is 20.2 Å². The minimum atomic E-state index is -5.01. The summed E-state index contributed by atoms with van der Waals surface area (Å²) in [5, 5.41) is 13.5. The Bertz CT molecular complexity index is 2260. The van der Waals surface area contributed by atoms with E-state index in [4.69, 9.17) is 21.1 Å². The molecule has 0 bridgehead atoms. The molecule has 1 aromatic heterocycles. The van der Waals surface area contributed by atoms with Crippen molar-refractivity contribution in [3.63, 3.8) is 0 Å². The Morgan fingerprint density at radius 1 is 1.13 bits per heavy atom. The van der Waals surface area contributed by atoms with Crippen LogP contribution in [0.1, 0.15) is 103 Å². The van der Waals surface area contributed by atoms with Crippen molar-refractivity contribution >= 4 is 56.3 Å². The van der Waals surface area contributed by atoms with Crippen LogP contribution in [0.3, 0.4) is 0 Å². The Balaban J connectivity index is 1.32. The van der Waals surface area contributed by atoms with Crippen molar-refractivity contribution < 1.29 is 55.3 Å². The Kier molecular flexibility index (Phi) is 11.1. The van der Waals surface area contributed by atoms with E-state index in [1.165, 1.54) is 31.1 Å². The van der Waals surface area contributed by atoms with Gasteiger partial charge < -0.3 is 24.8 Å². The number of aromatic nitrogens is 1. The first-order chi connectivity index (χ1) is 27.9. The predicted molar refractivity (Wildman–Crippen MR) is 214 cm³/mol. The van der Waals surface area contributed by atoms with Crippen molar-refractivity contribution in [2.24, 2.45) is 11.3 Å². The van der Waals surface area contributed by atoms with E-state index in [1.54, 1.807) is 6.08 Å². The molecule has 2 aliphatic carbocycles. The topological polar surface area (TPSA) is 185 Å². The van der Waals surface area contributed by atoms with Gasteiger partial charge in [0.05, 0.1) is 28.9 Å². The molecule has 5 atom stereocenters. The van der Waals surface area contributed by atoms with Gasteiger partial charge in [0.2, 0.25) is 21.8 Å². The zero-order chi connectivity index (χ0) is 43.8. The number of nitrogens with zero attached hydrogens (tertiary/aromatic N) is 3. The number of halogens is 4. The number of alkyl halides is 3. The van der Waals surface area contributed by atoms with Crippen molar-refractivity contribution in [3.8, 4) is 11.5 Å². The van der Waals surface area contributed by atoms with Crippen LogP contribution in [0.5, 0.6) is 11.5 Å². The monoisotopic (exact) mass is 881 g/mol. The second-order valence-electron chi connectivity index (χ2n) is 18.5. The van der Waals surface area contributed by atoms with E-state index in [1.807, 2.05) is 26.8 Å². The molecule has 1 saturated heterocycles. The number of amides is 4. The number of pyridine rings is 1. The molecule has 1 aromatic carbocycles. The van der Waals surface area contributed by atoms with Gasteiger partial charge in [0.25, 0.3) is 5.91 Å². The normalized spacial score (nSPS) is 28.6. The van der Waals surface area contributed by atoms with Gasteiger partial charge in [-0.05, 0) is 69.8 Å². The summed E-state index contributed by atoms with van der Waals surface area (Å²) in [4.78, 5) is 62.8. The van der Waals surface area contributed by atoms with E-state index in [9.17, 15) is 41.1 Å². The van der Waals surface area contributed by atoms with Crippen LogP contribution >= 0.6 is 11.6 Å². The summed E-state index contributed by atoms with van der Waals surface area (Å²) in [6.45, 7) is 6.54. The van der Waals surface area contributed by atoms with E-state index >= 15 is 4.79 Å². The lowest BCUT2D eigenvalue weighted by Gasteiger charge is -2.38. The van der Waals surface area contributed by atoms with Crippen LogP contribution in [-0.4, -0.2) is 100 Å². The highest BCUT2D eigenvalue weighted by atomic mass is 35.5. The SMILES string of the molecule is COc1cc(Cl)c2nc(C(F)(F)F)c3c(c2c1)CC[C@]1(C[C@H]2C(=O)N[C@]4(C(=O)NS(=O)(=O)C5(C)CC5)C[C@H]4/C=C\CCCCC[C@H](N(CC(C)(C)C)C(=O)O)C(=O)N2C1)O3. The van der Waals surface area contributed by atoms with Gasteiger partial charge in [-0.2, -0.15) is 13.2 Å². The molecule has 2 saturated carbocycles. The van der Waals surface area contributed by atoms with Gasteiger partial charge in [0.1, 0.15) is 29.0 Å². The van der Waals surface area contributed by atoms with Crippen LogP contribution in [0.25, 0.3) is 10.9 Å². The first kappa shape index (κ1) is 43.8. The third kappa shape index (κ3) is 8.21. The average Bonchev–Trinajstić information content (AvgIpc) is 4.05.